The lowest BCUT2D eigenvalue weighted by Crippen LogP contribution is -2.58. The smallest absolute Gasteiger partial charge is 0.317 e. The van der Waals surface area contributed by atoms with Crippen LogP contribution in [0.15, 0.2) is 29.4 Å². The topological polar surface area (TPSA) is 87.9 Å². The number of ether oxygens (including phenoxy) is 1. The maximum absolute atomic E-state index is 12.8. The van der Waals surface area contributed by atoms with E-state index in [0.717, 1.165) is 29.5 Å². The van der Waals surface area contributed by atoms with Gasteiger partial charge in [0.05, 0.1) is 12.0 Å². The van der Waals surface area contributed by atoms with Crippen molar-refractivity contribution in [2.45, 2.75) is 31.8 Å². The molecule has 1 aromatic carbocycles. The van der Waals surface area contributed by atoms with Gasteiger partial charge >= 0.3 is 6.03 Å². The van der Waals surface area contributed by atoms with Crippen molar-refractivity contribution in [2.75, 3.05) is 32.8 Å². The van der Waals surface area contributed by atoms with E-state index in [1.807, 2.05) is 36.1 Å². The predicted molar refractivity (Wildman–Crippen MR) is 111 cm³/mol. The van der Waals surface area contributed by atoms with Gasteiger partial charge in [0.25, 0.3) is 0 Å². The van der Waals surface area contributed by atoms with Gasteiger partial charge in [-0.3, -0.25) is 4.79 Å². The van der Waals surface area contributed by atoms with Crippen LogP contribution in [0, 0.1) is 12.8 Å². The third-order valence-corrected chi connectivity index (χ3v) is 6.48. The molecule has 2 atom stereocenters. The van der Waals surface area contributed by atoms with E-state index in [-0.39, 0.29) is 18.1 Å². The zero-order valence-corrected chi connectivity index (χ0v) is 17.3. The normalized spacial score (nSPS) is 25.2. The number of amides is 3. The number of carbonyl (C=O) groups excluding carboxylic acids is 2. The Morgan fingerprint density at radius 2 is 2.00 bits per heavy atom. The number of nitrogens with one attached hydrogen (secondary N) is 1. The minimum absolute atomic E-state index is 0.0973. The van der Waals surface area contributed by atoms with E-state index < -0.39 is 11.8 Å². The Bertz CT molecular complexity index is 837. The van der Waals surface area contributed by atoms with Gasteiger partial charge in [0.1, 0.15) is 5.16 Å². The number of halogens is 1. The first-order valence-electron chi connectivity index (χ1n) is 10.1. The van der Waals surface area contributed by atoms with Crippen molar-refractivity contribution in [3.05, 3.63) is 40.5 Å². The van der Waals surface area contributed by atoms with Crippen LogP contribution in [0.25, 0.3) is 5.57 Å². The number of rotatable bonds is 3. The van der Waals surface area contributed by atoms with E-state index in [1.54, 1.807) is 4.90 Å². The summed E-state index contributed by atoms with van der Waals surface area (Å²) >= 11 is 6.73. The summed E-state index contributed by atoms with van der Waals surface area (Å²) in [6.07, 6.45) is 1.65. The maximum atomic E-state index is 12.8. The van der Waals surface area contributed by atoms with Crippen molar-refractivity contribution in [1.29, 1.82) is 0 Å². The molecular weight excluding hydrogens is 392 g/mol. The van der Waals surface area contributed by atoms with Crippen molar-refractivity contribution in [1.82, 2.24) is 15.1 Å². The summed E-state index contributed by atoms with van der Waals surface area (Å²) < 4.78 is 5.35. The van der Waals surface area contributed by atoms with Crippen LogP contribution in [-0.4, -0.2) is 66.7 Å². The Labute approximate surface area is 175 Å². The highest BCUT2D eigenvalue weighted by molar-refractivity contribution is 6.33. The van der Waals surface area contributed by atoms with Crippen LogP contribution >= 0.6 is 11.6 Å². The fourth-order valence-corrected chi connectivity index (χ4v) is 4.99. The molecule has 2 fully saturated rings. The molecule has 2 unspecified atom stereocenters. The molecule has 1 aromatic rings. The lowest BCUT2D eigenvalue weighted by atomic mass is 9.88. The molecule has 0 bridgehead atoms. The average molecular weight is 419 g/mol. The highest BCUT2D eigenvalue weighted by Crippen LogP contribution is 2.43. The summed E-state index contributed by atoms with van der Waals surface area (Å²) in [6.45, 7) is 4.88. The average Bonchev–Trinajstić information content (AvgIpc) is 3.01. The molecule has 7 nitrogen and oxygen atoms in total. The first kappa shape index (κ1) is 20.0. The first-order valence-corrected chi connectivity index (χ1v) is 10.5. The second-order valence-electron chi connectivity index (χ2n) is 8.00. The Morgan fingerprint density at radius 3 is 2.69 bits per heavy atom. The van der Waals surface area contributed by atoms with Gasteiger partial charge in [0.15, 0.2) is 0 Å². The predicted octanol–water partition coefficient (Wildman–Crippen LogP) is 1.89. The highest BCUT2D eigenvalue weighted by Gasteiger charge is 2.47. The van der Waals surface area contributed by atoms with Gasteiger partial charge < -0.3 is 25.6 Å². The molecule has 29 heavy (non-hydrogen) atoms. The number of primary amides is 1. The molecule has 4 rings (SSSR count). The van der Waals surface area contributed by atoms with E-state index in [1.165, 1.54) is 0 Å². The number of aryl methyl sites for hydroxylation is 1. The number of nitrogens with two attached hydrogens (primary N) is 1. The minimum atomic E-state index is -0.553. The number of carbonyl (C=O) groups is 2. The molecule has 0 radical (unpaired) electrons. The van der Waals surface area contributed by atoms with Crippen LogP contribution in [0.4, 0.5) is 4.79 Å². The van der Waals surface area contributed by atoms with E-state index in [4.69, 9.17) is 22.1 Å². The quantitative estimate of drug-likeness (QED) is 0.734. The Morgan fingerprint density at radius 1 is 1.24 bits per heavy atom. The SMILES string of the molecule is Cc1cccc(C2=C(Cl)N3CCN(C(=O)NC4CCOCC4)CC3C2C(N)=O)c1. The van der Waals surface area contributed by atoms with Crippen molar-refractivity contribution in [3.63, 3.8) is 0 Å². The zero-order chi connectivity index (χ0) is 20.5. The number of urea groups is 1. The molecule has 3 N–H and O–H groups in total. The van der Waals surface area contributed by atoms with Gasteiger partial charge in [-0.15, -0.1) is 0 Å². The highest BCUT2D eigenvalue weighted by atomic mass is 35.5. The largest absolute Gasteiger partial charge is 0.381 e. The molecule has 2 saturated heterocycles. The second kappa shape index (κ2) is 8.24. The first-order chi connectivity index (χ1) is 14.0. The molecule has 0 saturated carbocycles. The van der Waals surface area contributed by atoms with Crippen LogP contribution in [0.1, 0.15) is 24.0 Å². The molecule has 156 valence electrons. The monoisotopic (exact) mass is 418 g/mol. The summed E-state index contributed by atoms with van der Waals surface area (Å²) in [7, 11) is 0. The Balaban J connectivity index is 1.53. The summed E-state index contributed by atoms with van der Waals surface area (Å²) in [5.74, 6) is -0.971. The van der Waals surface area contributed by atoms with Gasteiger partial charge in [0, 0.05) is 44.5 Å². The minimum Gasteiger partial charge on any atom is -0.381 e. The van der Waals surface area contributed by atoms with Crippen LogP contribution in [0.5, 0.6) is 0 Å². The van der Waals surface area contributed by atoms with E-state index in [2.05, 4.69) is 5.32 Å². The molecule has 8 heteroatoms. The lowest BCUT2D eigenvalue weighted by molar-refractivity contribution is -0.121. The molecule has 0 aromatic heterocycles. The van der Waals surface area contributed by atoms with Gasteiger partial charge in [-0.05, 0) is 25.3 Å². The standard InChI is InChI=1S/C21H27ClN4O3/c1-13-3-2-4-14(11-13)17-18(20(23)27)16-12-25(7-8-26(16)19(17)22)21(28)24-15-5-9-29-10-6-15/h2-4,11,15-16,18H,5-10,12H2,1H3,(H2,23,27)(H,24,28). The summed E-state index contributed by atoms with van der Waals surface area (Å²) in [5, 5.41) is 3.66. The molecular formula is C21H27ClN4O3. The maximum Gasteiger partial charge on any atom is 0.317 e. The van der Waals surface area contributed by atoms with Crippen LogP contribution < -0.4 is 11.1 Å². The zero-order valence-electron chi connectivity index (χ0n) is 16.6. The van der Waals surface area contributed by atoms with E-state index >= 15 is 0 Å². The molecule has 0 aliphatic carbocycles. The lowest BCUT2D eigenvalue weighted by Gasteiger charge is -2.41. The van der Waals surface area contributed by atoms with E-state index in [9.17, 15) is 9.59 Å². The molecule has 0 spiro atoms. The van der Waals surface area contributed by atoms with Gasteiger partial charge in [-0.1, -0.05) is 41.4 Å². The Kier molecular flexibility index (Phi) is 5.69. The third-order valence-electron chi connectivity index (χ3n) is 6.06. The summed E-state index contributed by atoms with van der Waals surface area (Å²) in [5.41, 5.74) is 8.57. The summed E-state index contributed by atoms with van der Waals surface area (Å²) in [4.78, 5) is 29.0. The van der Waals surface area contributed by atoms with Crippen molar-refractivity contribution in [2.24, 2.45) is 11.7 Å². The van der Waals surface area contributed by atoms with Gasteiger partial charge in [0.2, 0.25) is 5.91 Å². The number of nitrogens with zero attached hydrogens (tertiary/aromatic N) is 2. The van der Waals surface area contributed by atoms with Gasteiger partial charge in [-0.25, -0.2) is 4.79 Å². The summed E-state index contributed by atoms with van der Waals surface area (Å²) in [6, 6.07) is 7.71. The molecule has 3 aliphatic rings. The number of piperazine rings is 1. The van der Waals surface area contributed by atoms with Crippen molar-refractivity contribution >= 4 is 29.1 Å². The Hall–Kier alpha value is -2.25. The number of hydrogen-bond acceptors (Lipinski definition) is 4. The molecule has 3 aliphatic heterocycles. The van der Waals surface area contributed by atoms with Crippen LogP contribution in [0.2, 0.25) is 0 Å². The number of fused-ring (bicyclic) bond motifs is 1. The number of hydrogen-bond donors (Lipinski definition) is 2. The molecule has 3 amide bonds. The fraction of sp³-hybridized carbons (Fsp3) is 0.524. The third kappa shape index (κ3) is 3.94. The van der Waals surface area contributed by atoms with E-state index in [0.29, 0.717) is 38.0 Å². The van der Waals surface area contributed by atoms with Crippen molar-refractivity contribution in [3.8, 4) is 0 Å². The van der Waals surface area contributed by atoms with Crippen LogP contribution in [0.3, 0.4) is 0 Å². The fourth-order valence-electron chi connectivity index (χ4n) is 4.55. The van der Waals surface area contributed by atoms with Gasteiger partial charge in [-0.2, -0.15) is 0 Å². The molecule has 3 heterocycles. The van der Waals surface area contributed by atoms with Crippen molar-refractivity contribution < 1.29 is 14.3 Å². The van der Waals surface area contributed by atoms with Crippen LogP contribution in [-0.2, 0) is 9.53 Å². The second-order valence-corrected chi connectivity index (χ2v) is 8.35. The number of benzene rings is 1.